The first-order chi connectivity index (χ1) is 19.3. The number of aromatic hydroxyl groups is 1. The molecule has 2 aliphatic heterocycles. The molecule has 0 bridgehead atoms. The summed E-state index contributed by atoms with van der Waals surface area (Å²) < 4.78 is 10.5. The van der Waals surface area contributed by atoms with Gasteiger partial charge in [0, 0.05) is 19.5 Å². The van der Waals surface area contributed by atoms with E-state index in [1.54, 1.807) is 30.4 Å². The van der Waals surface area contributed by atoms with Crippen molar-refractivity contribution < 1.29 is 43.7 Å². The van der Waals surface area contributed by atoms with E-state index in [2.05, 4.69) is 0 Å². The van der Waals surface area contributed by atoms with E-state index < -0.39 is 69.4 Å². The lowest BCUT2D eigenvalue weighted by Gasteiger charge is -2.49. The lowest BCUT2D eigenvalue weighted by Crippen LogP contribution is -2.60. The van der Waals surface area contributed by atoms with E-state index in [9.17, 15) is 29.1 Å². The Labute approximate surface area is 245 Å². The number of carbonyl (C=O) groups excluding carboxylic acids is 4. The number of benzene rings is 1. The molecule has 4 aliphatic rings. The summed E-state index contributed by atoms with van der Waals surface area (Å²) in [4.78, 5) is 62.8. The highest BCUT2D eigenvalue weighted by molar-refractivity contribution is 6.53. The second-order valence-corrected chi connectivity index (χ2v) is 11.9. The molecule has 4 amide bonds. The van der Waals surface area contributed by atoms with Crippen molar-refractivity contribution in [1.82, 2.24) is 9.80 Å². The van der Waals surface area contributed by atoms with Crippen LogP contribution < -0.4 is 9.47 Å². The van der Waals surface area contributed by atoms with Crippen LogP contribution in [0.15, 0.2) is 29.9 Å². The van der Waals surface area contributed by atoms with Crippen LogP contribution in [0.2, 0.25) is 0 Å². The average Bonchev–Trinajstić information content (AvgIpc) is 3.26. The van der Waals surface area contributed by atoms with Gasteiger partial charge in [0.15, 0.2) is 21.2 Å². The topological polar surface area (TPSA) is 151 Å². The zero-order valence-electron chi connectivity index (χ0n) is 22.4. The van der Waals surface area contributed by atoms with Gasteiger partial charge in [-0.05, 0) is 36.5 Å². The van der Waals surface area contributed by atoms with Gasteiger partial charge < -0.3 is 19.7 Å². The number of aliphatic carboxylic acids is 1. The van der Waals surface area contributed by atoms with E-state index in [1.165, 1.54) is 21.3 Å². The highest BCUT2D eigenvalue weighted by atomic mass is 35.5. The van der Waals surface area contributed by atoms with Crippen molar-refractivity contribution in [3.05, 3.63) is 35.4 Å². The minimum absolute atomic E-state index is 0.140. The molecule has 0 aromatic heterocycles. The Morgan fingerprint density at radius 2 is 1.71 bits per heavy atom. The van der Waals surface area contributed by atoms with Gasteiger partial charge in [-0.3, -0.25) is 33.8 Å². The number of nitrogens with zero attached hydrogens (tertiary/aromatic N) is 2. The van der Waals surface area contributed by atoms with E-state index in [1.807, 2.05) is 0 Å². The number of likely N-dealkylation sites (tertiary alicyclic amines) is 2. The quantitative estimate of drug-likeness (QED) is 0.271. The predicted molar refractivity (Wildman–Crippen MR) is 145 cm³/mol. The van der Waals surface area contributed by atoms with Crippen molar-refractivity contribution >= 4 is 58.9 Å². The van der Waals surface area contributed by atoms with E-state index >= 15 is 0 Å². The molecule has 2 aliphatic carbocycles. The number of carboxylic acids is 1. The van der Waals surface area contributed by atoms with Crippen molar-refractivity contribution in [3.8, 4) is 17.2 Å². The highest BCUT2D eigenvalue weighted by Crippen LogP contribution is 2.63. The van der Waals surface area contributed by atoms with Gasteiger partial charge in [0.2, 0.25) is 17.6 Å². The molecule has 6 atom stereocenters. The van der Waals surface area contributed by atoms with E-state index in [0.29, 0.717) is 11.1 Å². The van der Waals surface area contributed by atoms with Crippen molar-refractivity contribution in [3.63, 3.8) is 0 Å². The van der Waals surface area contributed by atoms with Crippen LogP contribution in [0, 0.1) is 23.7 Å². The number of allylic oxidation sites excluding steroid dienone is 3. The summed E-state index contributed by atoms with van der Waals surface area (Å²) in [6.07, 6.45) is 4.66. The lowest BCUT2D eigenvalue weighted by molar-refractivity contribution is -0.143. The third-order valence-corrected chi connectivity index (χ3v) is 10.1. The molecule has 1 aromatic carbocycles. The summed E-state index contributed by atoms with van der Waals surface area (Å²) in [5.74, 6) is -6.73. The summed E-state index contributed by atoms with van der Waals surface area (Å²) in [6, 6.07) is 3.09. The average molecular weight is 607 g/mol. The predicted octanol–water partition coefficient (Wildman–Crippen LogP) is 2.42. The number of alkyl halides is 2. The zero-order valence-corrected chi connectivity index (χ0v) is 23.9. The fraction of sp³-hybridized carbons (Fsp3) is 0.464. The zero-order chi connectivity index (χ0) is 30.0. The molecule has 218 valence electrons. The molecule has 41 heavy (non-hydrogen) atoms. The molecule has 3 fully saturated rings. The molecular formula is C28H28Cl2N2O9. The van der Waals surface area contributed by atoms with Crippen LogP contribution in [0.5, 0.6) is 17.2 Å². The summed E-state index contributed by atoms with van der Waals surface area (Å²) in [5, 5.41) is 19.4. The minimum atomic E-state index is -1.92. The molecule has 1 aromatic rings. The van der Waals surface area contributed by atoms with Gasteiger partial charge in [0.25, 0.3) is 11.8 Å². The first kappa shape index (κ1) is 28.9. The number of amides is 4. The highest BCUT2D eigenvalue weighted by Gasteiger charge is 2.75. The van der Waals surface area contributed by atoms with Crippen LogP contribution in [-0.4, -0.2) is 87.2 Å². The number of carbonyl (C=O) groups is 5. The van der Waals surface area contributed by atoms with Crippen LogP contribution in [0.1, 0.15) is 24.8 Å². The van der Waals surface area contributed by atoms with Gasteiger partial charge in [-0.1, -0.05) is 23.8 Å². The number of hydrogen-bond donors (Lipinski definition) is 2. The summed E-state index contributed by atoms with van der Waals surface area (Å²) in [6.45, 7) is -0.262. The molecule has 0 radical (unpaired) electrons. The fourth-order valence-electron chi connectivity index (χ4n) is 6.70. The Hall–Kier alpha value is -3.57. The molecular weight excluding hydrogens is 579 g/mol. The Morgan fingerprint density at radius 3 is 2.29 bits per heavy atom. The molecule has 13 heteroatoms. The number of hydrogen-bond acceptors (Lipinski definition) is 8. The smallest absolute Gasteiger partial charge is 0.305 e. The maximum absolute atomic E-state index is 13.5. The maximum atomic E-state index is 13.5. The number of methoxy groups -OCH3 is 2. The number of rotatable bonds is 7. The summed E-state index contributed by atoms with van der Waals surface area (Å²) >= 11 is 14.1. The normalized spacial score (nSPS) is 32.7. The molecule has 11 nitrogen and oxygen atoms in total. The number of phenols is 1. The SMILES string of the molecule is COc1cc(C=CC2C3=CCC4C(=O)N(CCC(=O)O)C(=O)C4C3CC3(Cl)C(=O)N(C)C(=O)C23Cl)cc(OC)c1O. The number of imide groups is 2. The molecule has 6 unspecified atom stereocenters. The largest absolute Gasteiger partial charge is 0.502 e. The van der Waals surface area contributed by atoms with Gasteiger partial charge in [-0.25, -0.2) is 0 Å². The molecule has 2 N–H and O–H groups in total. The molecule has 0 spiro atoms. The Kier molecular flexibility index (Phi) is 7.10. The summed E-state index contributed by atoms with van der Waals surface area (Å²) in [7, 11) is 4.06. The van der Waals surface area contributed by atoms with Crippen LogP contribution in [-0.2, 0) is 24.0 Å². The Bertz CT molecular complexity index is 1420. The monoisotopic (exact) mass is 606 g/mol. The molecule has 2 saturated heterocycles. The summed E-state index contributed by atoms with van der Waals surface area (Å²) in [5.41, 5.74) is 1.12. The first-order valence-electron chi connectivity index (χ1n) is 12.9. The van der Waals surface area contributed by atoms with Crippen LogP contribution in [0.4, 0.5) is 0 Å². The number of halogens is 2. The number of ether oxygens (including phenoxy) is 2. The number of carboxylic acid groups (broad SMARTS) is 1. The standard InChI is InChI=1S/C28H28Cl2N2O9/c1-31-25(38)27(29)12-16-14(5-6-15-21(16)24(37)32(23(15)36)9-8-20(33)34)17(28(27,30)26(31)39)7-4-13-10-18(40-2)22(35)19(11-13)41-3/h4-5,7,10-11,15-17,21,35H,6,8-9,12H2,1-3H3,(H,33,34). The maximum Gasteiger partial charge on any atom is 0.305 e. The fourth-order valence-corrected chi connectivity index (χ4v) is 7.68. The van der Waals surface area contributed by atoms with Crippen LogP contribution >= 0.6 is 23.2 Å². The molecule has 2 heterocycles. The number of phenolic OH excluding ortho intramolecular Hbond substituents is 1. The van der Waals surface area contributed by atoms with Crippen LogP contribution in [0.3, 0.4) is 0 Å². The second kappa shape index (κ2) is 10.1. The number of fused-ring (bicyclic) bond motifs is 4. The van der Waals surface area contributed by atoms with E-state index in [-0.39, 0.29) is 36.6 Å². The lowest BCUT2D eigenvalue weighted by atomic mass is 9.57. The third kappa shape index (κ3) is 4.04. The third-order valence-electron chi connectivity index (χ3n) is 8.69. The van der Waals surface area contributed by atoms with Crippen LogP contribution in [0.25, 0.3) is 6.08 Å². The van der Waals surface area contributed by atoms with Gasteiger partial charge >= 0.3 is 5.97 Å². The van der Waals surface area contributed by atoms with Crippen molar-refractivity contribution in [2.45, 2.75) is 29.0 Å². The van der Waals surface area contributed by atoms with Gasteiger partial charge in [0.1, 0.15) is 0 Å². The molecule has 5 rings (SSSR count). The minimum Gasteiger partial charge on any atom is -0.502 e. The molecule has 1 saturated carbocycles. The van der Waals surface area contributed by atoms with Crippen molar-refractivity contribution in [2.24, 2.45) is 23.7 Å². The van der Waals surface area contributed by atoms with Gasteiger partial charge in [0.05, 0.1) is 32.5 Å². The van der Waals surface area contributed by atoms with Gasteiger partial charge in [-0.2, -0.15) is 0 Å². The van der Waals surface area contributed by atoms with E-state index in [4.69, 9.17) is 37.8 Å². The van der Waals surface area contributed by atoms with Crippen molar-refractivity contribution in [2.75, 3.05) is 27.8 Å². The van der Waals surface area contributed by atoms with E-state index in [0.717, 1.165) is 9.80 Å². The first-order valence-corrected chi connectivity index (χ1v) is 13.7. The Morgan fingerprint density at radius 1 is 1.07 bits per heavy atom. The van der Waals surface area contributed by atoms with Crippen molar-refractivity contribution in [1.29, 1.82) is 0 Å². The van der Waals surface area contributed by atoms with Gasteiger partial charge in [-0.15, -0.1) is 23.2 Å². The Balaban J connectivity index is 1.61. The second-order valence-electron chi connectivity index (χ2n) is 10.6.